The van der Waals surface area contributed by atoms with E-state index in [1.165, 1.54) is 37.8 Å². The van der Waals surface area contributed by atoms with E-state index >= 15 is 0 Å². The minimum absolute atomic E-state index is 0.189. The molecule has 26 heavy (non-hydrogen) atoms. The normalized spacial score (nSPS) is 26.1. The smallest absolute Gasteiger partial charge is 0.227 e. The van der Waals surface area contributed by atoms with Crippen LogP contribution in [0.5, 0.6) is 0 Å². The Bertz CT molecular complexity index is 564. The van der Waals surface area contributed by atoms with Gasteiger partial charge in [-0.15, -0.1) is 0 Å². The number of rotatable bonds is 7. The second-order valence-corrected chi connectivity index (χ2v) is 7.99. The predicted octanol–water partition coefficient (Wildman–Crippen LogP) is 4.85. The van der Waals surface area contributed by atoms with Crippen LogP contribution < -0.4 is 10.2 Å². The molecule has 0 bridgehead atoms. The molecule has 0 aromatic heterocycles. The quantitative estimate of drug-likeness (QED) is 0.758. The van der Waals surface area contributed by atoms with Gasteiger partial charge in [0.05, 0.1) is 6.10 Å². The van der Waals surface area contributed by atoms with E-state index in [9.17, 15) is 4.79 Å². The number of methoxy groups -OCH3 is 1. The second kappa shape index (κ2) is 9.40. The third-order valence-corrected chi connectivity index (χ3v) is 6.16. The van der Waals surface area contributed by atoms with Crippen LogP contribution in [0.1, 0.15) is 58.3 Å². The van der Waals surface area contributed by atoms with Gasteiger partial charge in [-0.2, -0.15) is 0 Å². The molecule has 2 aliphatic rings. The number of unbranched alkanes of at least 4 members (excludes halogenated alkanes) is 1. The van der Waals surface area contributed by atoms with Gasteiger partial charge in [0.2, 0.25) is 5.91 Å². The summed E-state index contributed by atoms with van der Waals surface area (Å²) in [6, 6.07) is 8.27. The molecule has 3 rings (SSSR count). The Balaban J connectivity index is 1.46. The molecule has 0 radical (unpaired) electrons. The zero-order valence-corrected chi connectivity index (χ0v) is 16.4. The van der Waals surface area contributed by atoms with Gasteiger partial charge in [-0.1, -0.05) is 26.2 Å². The molecule has 4 nitrogen and oxygen atoms in total. The number of nitrogens with one attached hydrogen (secondary N) is 1. The summed E-state index contributed by atoms with van der Waals surface area (Å²) in [5.74, 6) is 1.23. The van der Waals surface area contributed by atoms with E-state index in [2.05, 4.69) is 29.3 Å². The largest absolute Gasteiger partial charge is 0.380 e. The number of carbonyl (C=O) groups excluding carboxylic acids is 1. The molecule has 1 aliphatic heterocycles. The first kappa shape index (κ1) is 19.2. The van der Waals surface area contributed by atoms with Crippen molar-refractivity contribution in [3.8, 4) is 0 Å². The third-order valence-electron chi connectivity index (χ3n) is 6.16. The van der Waals surface area contributed by atoms with Crippen LogP contribution in [-0.4, -0.2) is 32.2 Å². The van der Waals surface area contributed by atoms with Gasteiger partial charge in [0.1, 0.15) is 0 Å². The van der Waals surface area contributed by atoms with Crippen molar-refractivity contribution in [1.82, 2.24) is 0 Å². The van der Waals surface area contributed by atoms with Crippen LogP contribution in [0.2, 0.25) is 0 Å². The van der Waals surface area contributed by atoms with Gasteiger partial charge >= 0.3 is 0 Å². The van der Waals surface area contributed by atoms with E-state index in [0.29, 0.717) is 6.10 Å². The first-order valence-corrected chi connectivity index (χ1v) is 10.4. The highest BCUT2D eigenvalue weighted by molar-refractivity contribution is 5.92. The highest BCUT2D eigenvalue weighted by Gasteiger charge is 2.26. The van der Waals surface area contributed by atoms with Gasteiger partial charge in [0.15, 0.2) is 0 Å². The van der Waals surface area contributed by atoms with Crippen LogP contribution in [0, 0.1) is 11.8 Å². The minimum Gasteiger partial charge on any atom is -0.380 e. The summed E-state index contributed by atoms with van der Waals surface area (Å²) >= 11 is 0. The number of carbonyl (C=O) groups is 1. The van der Waals surface area contributed by atoms with Crippen LogP contribution in [-0.2, 0) is 9.53 Å². The Labute approximate surface area is 158 Å². The minimum atomic E-state index is 0.189. The van der Waals surface area contributed by atoms with E-state index in [1.54, 1.807) is 7.11 Å². The lowest BCUT2D eigenvalue weighted by Crippen LogP contribution is -2.27. The summed E-state index contributed by atoms with van der Waals surface area (Å²) in [5.41, 5.74) is 2.12. The summed E-state index contributed by atoms with van der Waals surface area (Å²) < 4.78 is 5.44. The van der Waals surface area contributed by atoms with Crippen molar-refractivity contribution in [2.75, 3.05) is 30.4 Å². The Morgan fingerprint density at radius 1 is 1.15 bits per heavy atom. The molecule has 1 aromatic rings. The predicted molar refractivity (Wildman–Crippen MR) is 108 cm³/mol. The molecular weight excluding hydrogens is 324 g/mol. The highest BCUT2D eigenvalue weighted by Crippen LogP contribution is 2.32. The third kappa shape index (κ3) is 5.00. The Morgan fingerprint density at radius 3 is 2.50 bits per heavy atom. The molecule has 1 saturated carbocycles. The first-order valence-electron chi connectivity index (χ1n) is 10.4. The lowest BCUT2D eigenvalue weighted by molar-refractivity contribution is -0.121. The zero-order valence-electron chi connectivity index (χ0n) is 16.4. The monoisotopic (exact) mass is 358 g/mol. The average molecular weight is 359 g/mol. The maximum absolute atomic E-state index is 12.6. The topological polar surface area (TPSA) is 41.6 Å². The Morgan fingerprint density at radius 2 is 1.88 bits per heavy atom. The summed E-state index contributed by atoms with van der Waals surface area (Å²) in [6.07, 6.45) is 9.88. The van der Waals surface area contributed by atoms with Crippen molar-refractivity contribution in [3.05, 3.63) is 24.3 Å². The summed E-state index contributed by atoms with van der Waals surface area (Å²) in [7, 11) is 1.78. The molecule has 1 unspecified atom stereocenters. The first-order chi connectivity index (χ1) is 12.7. The number of amides is 1. The summed E-state index contributed by atoms with van der Waals surface area (Å²) in [5, 5.41) is 3.13. The average Bonchev–Trinajstić information content (AvgIpc) is 3.16. The van der Waals surface area contributed by atoms with Crippen LogP contribution in [0.3, 0.4) is 0 Å². The van der Waals surface area contributed by atoms with E-state index in [0.717, 1.165) is 44.0 Å². The Hall–Kier alpha value is -1.55. The highest BCUT2D eigenvalue weighted by atomic mass is 16.5. The van der Waals surface area contributed by atoms with Gasteiger partial charge < -0.3 is 15.0 Å². The number of hydrogen-bond acceptors (Lipinski definition) is 3. The molecule has 144 valence electrons. The van der Waals surface area contributed by atoms with E-state index < -0.39 is 0 Å². The molecule has 2 fully saturated rings. The van der Waals surface area contributed by atoms with E-state index in [1.807, 2.05) is 12.1 Å². The standard InChI is InChI=1S/C22H34N2O2/c1-3-4-5-17-6-8-18(9-7-17)22(25)23-19-10-12-20(13-11-19)24-15-14-21(16-24)26-2/h10-13,17-18,21H,3-9,14-16H2,1-2H3,(H,23,25). The number of ether oxygens (including phenoxy) is 1. The lowest BCUT2D eigenvalue weighted by atomic mass is 9.79. The number of anilines is 2. The molecular formula is C22H34N2O2. The van der Waals surface area contributed by atoms with E-state index in [4.69, 9.17) is 4.74 Å². The number of benzene rings is 1. The molecule has 1 saturated heterocycles. The van der Waals surface area contributed by atoms with Crippen molar-refractivity contribution < 1.29 is 9.53 Å². The molecule has 1 atom stereocenters. The van der Waals surface area contributed by atoms with Crippen molar-refractivity contribution in [3.63, 3.8) is 0 Å². The summed E-state index contributed by atoms with van der Waals surface area (Å²) in [6.45, 7) is 4.24. The molecule has 1 heterocycles. The van der Waals surface area contributed by atoms with Gasteiger partial charge in [0.25, 0.3) is 0 Å². The fraction of sp³-hybridized carbons (Fsp3) is 0.682. The Kier molecular flexibility index (Phi) is 6.95. The van der Waals surface area contributed by atoms with Crippen molar-refractivity contribution in [1.29, 1.82) is 0 Å². The second-order valence-electron chi connectivity index (χ2n) is 7.99. The summed E-state index contributed by atoms with van der Waals surface area (Å²) in [4.78, 5) is 14.9. The van der Waals surface area contributed by atoms with Crippen LogP contribution in [0.25, 0.3) is 0 Å². The number of nitrogens with zero attached hydrogens (tertiary/aromatic N) is 1. The van der Waals surface area contributed by atoms with Crippen molar-refractivity contribution in [2.45, 2.75) is 64.4 Å². The van der Waals surface area contributed by atoms with Crippen LogP contribution in [0.15, 0.2) is 24.3 Å². The molecule has 1 aliphatic carbocycles. The van der Waals surface area contributed by atoms with Gasteiger partial charge in [-0.05, 0) is 62.3 Å². The van der Waals surface area contributed by atoms with Gasteiger partial charge in [-0.3, -0.25) is 4.79 Å². The molecule has 1 aromatic carbocycles. The van der Waals surface area contributed by atoms with Crippen molar-refractivity contribution >= 4 is 17.3 Å². The maximum Gasteiger partial charge on any atom is 0.227 e. The fourth-order valence-corrected chi connectivity index (χ4v) is 4.36. The van der Waals surface area contributed by atoms with Crippen LogP contribution >= 0.6 is 0 Å². The molecule has 0 spiro atoms. The maximum atomic E-state index is 12.6. The molecule has 1 N–H and O–H groups in total. The number of hydrogen-bond donors (Lipinski definition) is 1. The fourth-order valence-electron chi connectivity index (χ4n) is 4.36. The molecule has 4 heteroatoms. The zero-order chi connectivity index (χ0) is 18.4. The SMILES string of the molecule is CCCCC1CCC(C(=O)Nc2ccc(N3CCC(OC)C3)cc2)CC1. The van der Waals surface area contributed by atoms with Gasteiger partial charge in [0, 0.05) is 37.5 Å². The van der Waals surface area contributed by atoms with E-state index in [-0.39, 0.29) is 11.8 Å². The van der Waals surface area contributed by atoms with Gasteiger partial charge in [-0.25, -0.2) is 0 Å². The van der Waals surface area contributed by atoms with Crippen molar-refractivity contribution in [2.24, 2.45) is 11.8 Å². The van der Waals surface area contributed by atoms with Crippen LogP contribution in [0.4, 0.5) is 11.4 Å². The molecule has 1 amide bonds. The lowest BCUT2D eigenvalue weighted by Gasteiger charge is -2.27.